The largest absolute Gasteiger partial charge is 0.299 e. The van der Waals surface area contributed by atoms with Gasteiger partial charge in [0.15, 0.2) is 0 Å². The smallest absolute Gasteiger partial charge is 0.0489 e. The Morgan fingerprint density at radius 3 is 2.43 bits per heavy atom. The van der Waals surface area contributed by atoms with E-state index in [9.17, 15) is 0 Å². The highest BCUT2D eigenvalue weighted by Crippen LogP contribution is 2.28. The molecular formula is C12H22ClN. The minimum Gasteiger partial charge on any atom is -0.299 e. The molecule has 1 aliphatic carbocycles. The fraction of sp³-hybridized carbons (Fsp3) is 1.00. The molecule has 14 heavy (non-hydrogen) atoms. The summed E-state index contributed by atoms with van der Waals surface area (Å²) in [5, 5.41) is 0.394. The standard InChI is InChI=1S/C12H22ClN/c1-10-7-8-14(9-12(10)13)11-5-3-2-4-6-11/h10-12H,2-9H2,1H3. The Labute approximate surface area is 92.8 Å². The van der Waals surface area contributed by atoms with Crippen molar-refractivity contribution in [3.8, 4) is 0 Å². The number of alkyl halides is 1. The first-order valence-corrected chi connectivity index (χ1v) is 6.59. The molecule has 1 nitrogen and oxygen atoms in total. The fourth-order valence-corrected chi connectivity index (χ4v) is 3.13. The number of likely N-dealkylation sites (tertiary alicyclic amines) is 1. The maximum Gasteiger partial charge on any atom is 0.0489 e. The van der Waals surface area contributed by atoms with Crippen molar-refractivity contribution in [1.29, 1.82) is 0 Å². The van der Waals surface area contributed by atoms with Crippen LogP contribution in [-0.4, -0.2) is 29.4 Å². The third-order valence-electron chi connectivity index (χ3n) is 3.99. The molecule has 2 aliphatic rings. The first-order valence-electron chi connectivity index (χ1n) is 6.15. The second kappa shape index (κ2) is 4.85. The van der Waals surface area contributed by atoms with Gasteiger partial charge in [-0.1, -0.05) is 26.2 Å². The minimum absolute atomic E-state index is 0.394. The van der Waals surface area contributed by atoms with Gasteiger partial charge in [0.05, 0.1) is 0 Å². The predicted octanol–water partition coefficient (Wildman–Crippen LogP) is 3.27. The Bertz CT molecular complexity index is 177. The average molecular weight is 216 g/mol. The molecule has 2 rings (SSSR count). The van der Waals surface area contributed by atoms with Gasteiger partial charge in [0.1, 0.15) is 0 Å². The van der Waals surface area contributed by atoms with Crippen molar-refractivity contribution in [2.45, 2.75) is 56.9 Å². The molecule has 0 N–H and O–H groups in total. The second-order valence-electron chi connectivity index (χ2n) is 5.07. The van der Waals surface area contributed by atoms with E-state index in [1.54, 1.807) is 0 Å². The highest BCUT2D eigenvalue weighted by atomic mass is 35.5. The molecule has 0 aromatic rings. The van der Waals surface area contributed by atoms with Gasteiger partial charge in [-0.2, -0.15) is 0 Å². The van der Waals surface area contributed by atoms with E-state index in [2.05, 4.69) is 11.8 Å². The lowest BCUT2D eigenvalue weighted by Crippen LogP contribution is -2.46. The van der Waals surface area contributed by atoms with Crippen molar-refractivity contribution in [2.24, 2.45) is 5.92 Å². The summed E-state index contributed by atoms with van der Waals surface area (Å²) >= 11 is 6.34. The summed E-state index contributed by atoms with van der Waals surface area (Å²) in [6.45, 7) is 4.71. The summed E-state index contributed by atoms with van der Waals surface area (Å²) in [6.07, 6.45) is 8.44. The van der Waals surface area contributed by atoms with Gasteiger partial charge in [0.2, 0.25) is 0 Å². The SMILES string of the molecule is CC1CCN(C2CCCCC2)CC1Cl. The highest BCUT2D eigenvalue weighted by molar-refractivity contribution is 6.21. The summed E-state index contributed by atoms with van der Waals surface area (Å²) in [6, 6.07) is 0.859. The minimum atomic E-state index is 0.394. The molecule has 2 atom stereocenters. The van der Waals surface area contributed by atoms with Crippen LogP contribution in [0.5, 0.6) is 0 Å². The lowest BCUT2D eigenvalue weighted by atomic mass is 9.90. The van der Waals surface area contributed by atoms with Gasteiger partial charge < -0.3 is 0 Å². The molecule has 0 bridgehead atoms. The number of piperidine rings is 1. The van der Waals surface area contributed by atoms with E-state index in [0.717, 1.165) is 18.5 Å². The van der Waals surface area contributed by atoms with E-state index in [1.165, 1.54) is 45.1 Å². The monoisotopic (exact) mass is 215 g/mol. The summed E-state index contributed by atoms with van der Waals surface area (Å²) < 4.78 is 0. The lowest BCUT2D eigenvalue weighted by molar-refractivity contribution is 0.114. The van der Waals surface area contributed by atoms with Gasteiger partial charge in [-0.25, -0.2) is 0 Å². The van der Waals surface area contributed by atoms with Gasteiger partial charge in [-0.15, -0.1) is 11.6 Å². The van der Waals surface area contributed by atoms with Gasteiger partial charge in [0.25, 0.3) is 0 Å². The summed E-state index contributed by atoms with van der Waals surface area (Å²) in [5.74, 6) is 0.719. The van der Waals surface area contributed by atoms with Crippen molar-refractivity contribution < 1.29 is 0 Å². The third kappa shape index (κ3) is 2.43. The van der Waals surface area contributed by atoms with E-state index in [0.29, 0.717) is 5.38 Å². The molecule has 1 saturated heterocycles. The van der Waals surface area contributed by atoms with E-state index in [-0.39, 0.29) is 0 Å². The van der Waals surface area contributed by atoms with Crippen LogP contribution >= 0.6 is 11.6 Å². The summed E-state index contributed by atoms with van der Waals surface area (Å²) in [5.41, 5.74) is 0. The van der Waals surface area contributed by atoms with Crippen molar-refractivity contribution in [2.75, 3.05) is 13.1 Å². The summed E-state index contributed by atoms with van der Waals surface area (Å²) in [7, 11) is 0. The van der Waals surface area contributed by atoms with Crippen LogP contribution in [0.4, 0.5) is 0 Å². The summed E-state index contributed by atoms with van der Waals surface area (Å²) in [4.78, 5) is 2.65. The van der Waals surface area contributed by atoms with E-state index in [4.69, 9.17) is 11.6 Å². The second-order valence-corrected chi connectivity index (χ2v) is 5.63. The zero-order valence-electron chi connectivity index (χ0n) is 9.21. The van der Waals surface area contributed by atoms with Crippen LogP contribution in [0.2, 0.25) is 0 Å². The molecular weight excluding hydrogens is 194 g/mol. The quantitative estimate of drug-likeness (QED) is 0.607. The van der Waals surface area contributed by atoms with Crippen molar-refractivity contribution >= 4 is 11.6 Å². The molecule has 2 fully saturated rings. The number of nitrogens with zero attached hydrogens (tertiary/aromatic N) is 1. The number of rotatable bonds is 1. The highest BCUT2D eigenvalue weighted by Gasteiger charge is 2.29. The Morgan fingerprint density at radius 1 is 1.07 bits per heavy atom. The van der Waals surface area contributed by atoms with E-state index < -0.39 is 0 Å². The van der Waals surface area contributed by atoms with Crippen molar-refractivity contribution in [3.63, 3.8) is 0 Å². The van der Waals surface area contributed by atoms with Gasteiger partial charge in [0, 0.05) is 18.0 Å². The third-order valence-corrected chi connectivity index (χ3v) is 4.56. The van der Waals surface area contributed by atoms with E-state index >= 15 is 0 Å². The van der Waals surface area contributed by atoms with Crippen LogP contribution in [-0.2, 0) is 0 Å². The predicted molar refractivity (Wildman–Crippen MR) is 61.9 cm³/mol. The molecule has 0 spiro atoms. The molecule has 0 amide bonds. The van der Waals surface area contributed by atoms with Crippen LogP contribution < -0.4 is 0 Å². The Hall–Kier alpha value is 0.250. The molecule has 82 valence electrons. The molecule has 0 aromatic carbocycles. The number of hydrogen-bond donors (Lipinski definition) is 0. The molecule has 1 aliphatic heterocycles. The molecule has 1 heterocycles. The Kier molecular flexibility index (Phi) is 3.73. The van der Waals surface area contributed by atoms with Crippen LogP contribution in [0.3, 0.4) is 0 Å². The Morgan fingerprint density at radius 2 is 1.79 bits per heavy atom. The molecule has 2 unspecified atom stereocenters. The zero-order chi connectivity index (χ0) is 9.97. The topological polar surface area (TPSA) is 3.24 Å². The van der Waals surface area contributed by atoms with Crippen LogP contribution in [0, 0.1) is 5.92 Å². The molecule has 2 heteroatoms. The molecule has 0 radical (unpaired) electrons. The van der Waals surface area contributed by atoms with Crippen LogP contribution in [0.1, 0.15) is 45.4 Å². The van der Waals surface area contributed by atoms with Gasteiger partial charge >= 0.3 is 0 Å². The maximum atomic E-state index is 6.34. The van der Waals surface area contributed by atoms with Crippen molar-refractivity contribution in [1.82, 2.24) is 4.90 Å². The van der Waals surface area contributed by atoms with E-state index in [1.807, 2.05) is 0 Å². The normalized spacial score (nSPS) is 37.3. The molecule has 0 aromatic heterocycles. The zero-order valence-corrected chi connectivity index (χ0v) is 9.97. The first-order chi connectivity index (χ1) is 6.77. The average Bonchev–Trinajstić information content (AvgIpc) is 2.23. The number of halogens is 1. The first kappa shape index (κ1) is 10.8. The maximum absolute atomic E-state index is 6.34. The Balaban J connectivity index is 1.85. The fourth-order valence-electron chi connectivity index (χ4n) is 2.82. The van der Waals surface area contributed by atoms with Crippen LogP contribution in [0.25, 0.3) is 0 Å². The molecule has 1 saturated carbocycles. The number of hydrogen-bond acceptors (Lipinski definition) is 1. The van der Waals surface area contributed by atoms with Gasteiger partial charge in [-0.3, -0.25) is 4.90 Å². The van der Waals surface area contributed by atoms with Gasteiger partial charge in [-0.05, 0) is 31.7 Å². The lowest BCUT2D eigenvalue weighted by Gasteiger charge is -2.40. The van der Waals surface area contributed by atoms with Crippen LogP contribution in [0.15, 0.2) is 0 Å². The van der Waals surface area contributed by atoms with Crippen molar-refractivity contribution in [3.05, 3.63) is 0 Å².